The maximum atomic E-state index is 3.85. The van der Waals surface area contributed by atoms with Crippen molar-refractivity contribution in [1.29, 1.82) is 0 Å². The van der Waals surface area contributed by atoms with Gasteiger partial charge in [-0.25, -0.2) is 0 Å². The molecule has 0 spiro atoms. The van der Waals surface area contributed by atoms with Gasteiger partial charge in [-0.05, 0) is 12.8 Å². The molecule has 0 aromatic rings. The van der Waals surface area contributed by atoms with Crippen molar-refractivity contribution >= 4 is 0 Å². The smallest absolute Gasteiger partial charge is 0.0193 e. The second-order valence-corrected chi connectivity index (χ2v) is 3.61. The van der Waals surface area contributed by atoms with Crippen LogP contribution in [0.3, 0.4) is 0 Å². The lowest BCUT2D eigenvalue weighted by atomic mass is 10.1. The number of hydrogen-bond donors (Lipinski definition) is 2. The zero-order chi connectivity index (χ0) is 8.81. The molecule has 0 aliphatic carbocycles. The van der Waals surface area contributed by atoms with E-state index in [0.29, 0.717) is 12.1 Å². The maximum absolute atomic E-state index is 3.85. The normalized spacial score (nSPS) is 30.5. The standard InChI is InChI=1S/C10H21N2/c1-3-5-6-10-8-11-9(4-2)7-12-10/h9-12H,1,3-8H2,2H3. The van der Waals surface area contributed by atoms with Crippen LogP contribution in [-0.4, -0.2) is 25.2 Å². The number of piperazine rings is 1. The van der Waals surface area contributed by atoms with E-state index in [1.54, 1.807) is 0 Å². The van der Waals surface area contributed by atoms with Gasteiger partial charge in [-0.15, -0.1) is 0 Å². The van der Waals surface area contributed by atoms with E-state index in [1.807, 2.05) is 0 Å². The molecule has 12 heavy (non-hydrogen) atoms. The molecule has 1 aliphatic rings. The fraction of sp³-hybridized carbons (Fsp3) is 0.900. The van der Waals surface area contributed by atoms with Crippen LogP contribution in [0.15, 0.2) is 0 Å². The molecule has 0 amide bonds. The summed E-state index contributed by atoms with van der Waals surface area (Å²) in [4.78, 5) is 0. The highest BCUT2D eigenvalue weighted by atomic mass is 15.1. The van der Waals surface area contributed by atoms with Gasteiger partial charge in [0.2, 0.25) is 0 Å². The predicted octanol–water partition coefficient (Wildman–Crippen LogP) is 1.33. The Balaban J connectivity index is 2.09. The van der Waals surface area contributed by atoms with Crippen molar-refractivity contribution in [1.82, 2.24) is 10.6 Å². The first kappa shape index (κ1) is 10.0. The van der Waals surface area contributed by atoms with Crippen molar-refractivity contribution in [2.24, 2.45) is 0 Å². The number of hydrogen-bond acceptors (Lipinski definition) is 2. The van der Waals surface area contributed by atoms with Crippen LogP contribution >= 0.6 is 0 Å². The zero-order valence-corrected chi connectivity index (χ0v) is 8.10. The molecular formula is C10H21N2. The van der Waals surface area contributed by atoms with E-state index in [-0.39, 0.29) is 0 Å². The van der Waals surface area contributed by atoms with Gasteiger partial charge in [0.25, 0.3) is 0 Å². The summed E-state index contributed by atoms with van der Waals surface area (Å²) in [5, 5.41) is 7.11. The minimum absolute atomic E-state index is 0.689. The van der Waals surface area contributed by atoms with Gasteiger partial charge in [-0.3, -0.25) is 0 Å². The lowest BCUT2D eigenvalue weighted by Crippen LogP contribution is -2.53. The SMILES string of the molecule is [CH2]CCCC1CNC(CC)CN1. The van der Waals surface area contributed by atoms with Gasteiger partial charge in [0.15, 0.2) is 0 Å². The molecular weight excluding hydrogens is 148 g/mol. The monoisotopic (exact) mass is 169 g/mol. The Hall–Kier alpha value is -0.0800. The first-order valence-corrected chi connectivity index (χ1v) is 5.12. The fourth-order valence-electron chi connectivity index (χ4n) is 1.65. The fourth-order valence-corrected chi connectivity index (χ4v) is 1.65. The molecule has 2 unspecified atom stereocenters. The second kappa shape index (κ2) is 5.55. The zero-order valence-electron chi connectivity index (χ0n) is 8.10. The molecule has 1 rings (SSSR count). The summed E-state index contributed by atoms with van der Waals surface area (Å²) in [6.45, 7) is 8.36. The summed E-state index contributed by atoms with van der Waals surface area (Å²) in [6.07, 6.45) is 4.81. The third kappa shape index (κ3) is 3.11. The van der Waals surface area contributed by atoms with Crippen LogP contribution in [-0.2, 0) is 0 Å². The van der Waals surface area contributed by atoms with Crippen LogP contribution in [0, 0.1) is 6.92 Å². The molecule has 71 valence electrons. The topological polar surface area (TPSA) is 24.1 Å². The Labute approximate surface area is 76.1 Å². The van der Waals surface area contributed by atoms with Gasteiger partial charge in [0.1, 0.15) is 0 Å². The van der Waals surface area contributed by atoms with E-state index >= 15 is 0 Å². The molecule has 0 bridgehead atoms. The highest BCUT2D eigenvalue weighted by Gasteiger charge is 2.17. The van der Waals surface area contributed by atoms with Crippen molar-refractivity contribution < 1.29 is 0 Å². The molecule has 2 atom stereocenters. The molecule has 0 saturated carbocycles. The molecule has 2 N–H and O–H groups in total. The Morgan fingerprint density at radius 3 is 2.42 bits per heavy atom. The van der Waals surface area contributed by atoms with Gasteiger partial charge >= 0.3 is 0 Å². The summed E-state index contributed by atoms with van der Waals surface area (Å²) >= 11 is 0. The van der Waals surface area contributed by atoms with Crippen LogP contribution in [0.25, 0.3) is 0 Å². The van der Waals surface area contributed by atoms with E-state index in [1.165, 1.54) is 19.3 Å². The summed E-state index contributed by atoms with van der Waals surface area (Å²) in [5.74, 6) is 0. The quantitative estimate of drug-likeness (QED) is 0.663. The van der Waals surface area contributed by atoms with Gasteiger partial charge < -0.3 is 10.6 Å². The largest absolute Gasteiger partial charge is 0.311 e. The Kier molecular flexibility index (Phi) is 4.62. The number of unbranched alkanes of at least 4 members (excludes halogenated alkanes) is 1. The molecule has 2 nitrogen and oxygen atoms in total. The summed E-state index contributed by atoms with van der Waals surface area (Å²) in [7, 11) is 0. The third-order valence-corrected chi connectivity index (χ3v) is 2.60. The Morgan fingerprint density at radius 2 is 1.92 bits per heavy atom. The van der Waals surface area contributed by atoms with E-state index in [4.69, 9.17) is 0 Å². The lowest BCUT2D eigenvalue weighted by Gasteiger charge is -2.30. The molecule has 0 aromatic carbocycles. The average molecular weight is 169 g/mol. The minimum Gasteiger partial charge on any atom is -0.311 e. The Bertz CT molecular complexity index is 106. The molecule has 1 fully saturated rings. The van der Waals surface area contributed by atoms with Crippen LogP contribution in [0.2, 0.25) is 0 Å². The van der Waals surface area contributed by atoms with Crippen molar-refractivity contribution in [3.05, 3.63) is 6.92 Å². The summed E-state index contributed by atoms with van der Waals surface area (Å²) in [5.41, 5.74) is 0. The van der Waals surface area contributed by atoms with Gasteiger partial charge in [-0.1, -0.05) is 26.7 Å². The average Bonchev–Trinajstić information content (AvgIpc) is 2.15. The predicted molar refractivity (Wildman–Crippen MR) is 53.1 cm³/mol. The highest BCUT2D eigenvalue weighted by molar-refractivity contribution is 4.81. The first-order valence-electron chi connectivity index (χ1n) is 5.12. The highest BCUT2D eigenvalue weighted by Crippen LogP contribution is 2.04. The molecule has 1 saturated heterocycles. The maximum Gasteiger partial charge on any atom is 0.0193 e. The van der Waals surface area contributed by atoms with Crippen molar-refractivity contribution in [2.45, 2.75) is 44.7 Å². The third-order valence-electron chi connectivity index (χ3n) is 2.60. The second-order valence-electron chi connectivity index (χ2n) is 3.61. The Morgan fingerprint density at radius 1 is 1.25 bits per heavy atom. The van der Waals surface area contributed by atoms with Gasteiger partial charge in [0.05, 0.1) is 0 Å². The molecule has 2 heteroatoms. The number of rotatable bonds is 4. The molecule has 0 aromatic heterocycles. The minimum atomic E-state index is 0.689. The van der Waals surface area contributed by atoms with Crippen LogP contribution in [0.1, 0.15) is 32.6 Å². The van der Waals surface area contributed by atoms with Gasteiger partial charge in [0, 0.05) is 25.2 Å². The molecule has 1 aliphatic heterocycles. The van der Waals surface area contributed by atoms with Crippen LogP contribution < -0.4 is 10.6 Å². The number of nitrogens with one attached hydrogen (secondary N) is 2. The van der Waals surface area contributed by atoms with E-state index in [0.717, 1.165) is 19.5 Å². The molecule has 1 radical (unpaired) electrons. The van der Waals surface area contributed by atoms with Crippen LogP contribution in [0.4, 0.5) is 0 Å². The van der Waals surface area contributed by atoms with Crippen molar-refractivity contribution in [3.8, 4) is 0 Å². The van der Waals surface area contributed by atoms with Gasteiger partial charge in [-0.2, -0.15) is 0 Å². The van der Waals surface area contributed by atoms with E-state index < -0.39 is 0 Å². The summed E-state index contributed by atoms with van der Waals surface area (Å²) in [6, 6.07) is 1.38. The summed E-state index contributed by atoms with van der Waals surface area (Å²) < 4.78 is 0. The van der Waals surface area contributed by atoms with E-state index in [9.17, 15) is 0 Å². The lowest BCUT2D eigenvalue weighted by molar-refractivity contribution is 0.325. The van der Waals surface area contributed by atoms with Crippen molar-refractivity contribution in [3.63, 3.8) is 0 Å². The van der Waals surface area contributed by atoms with E-state index in [2.05, 4.69) is 24.5 Å². The van der Waals surface area contributed by atoms with Crippen LogP contribution in [0.5, 0.6) is 0 Å². The molecule has 1 heterocycles. The first-order chi connectivity index (χ1) is 5.86. The van der Waals surface area contributed by atoms with Crippen molar-refractivity contribution in [2.75, 3.05) is 13.1 Å².